The van der Waals surface area contributed by atoms with Gasteiger partial charge < -0.3 is 10.3 Å². The molecule has 2 N–H and O–H groups in total. The van der Waals surface area contributed by atoms with E-state index in [1.54, 1.807) is 0 Å². The molecule has 0 amide bonds. The lowest BCUT2D eigenvalue weighted by atomic mass is 10.1. The quantitative estimate of drug-likeness (QED) is 0.904. The van der Waals surface area contributed by atoms with Crippen LogP contribution in [0.25, 0.3) is 10.9 Å². The van der Waals surface area contributed by atoms with Crippen LogP contribution in [-0.2, 0) is 22.8 Å². The van der Waals surface area contributed by atoms with E-state index in [9.17, 15) is 8.42 Å². The normalized spacial score (nSPS) is 13.8. The molecule has 0 aliphatic rings. The van der Waals surface area contributed by atoms with Gasteiger partial charge in [0.2, 0.25) is 0 Å². The van der Waals surface area contributed by atoms with E-state index < -0.39 is 9.84 Å². The third-order valence-corrected chi connectivity index (χ3v) is 4.02. The Kier molecular flexibility index (Phi) is 3.96. The van der Waals surface area contributed by atoms with E-state index in [1.165, 1.54) is 11.8 Å². The van der Waals surface area contributed by atoms with Crippen LogP contribution in [-0.4, -0.2) is 31.0 Å². The zero-order valence-electron chi connectivity index (χ0n) is 11.3. The molecule has 0 bridgehead atoms. The molecule has 1 aromatic heterocycles. The summed E-state index contributed by atoms with van der Waals surface area (Å²) in [5.41, 5.74) is 8.06. The maximum absolute atomic E-state index is 11.2. The second-order valence-electron chi connectivity index (χ2n) is 5.21. The Bertz CT molecular complexity index is 672. The number of rotatable bonds is 5. The van der Waals surface area contributed by atoms with Gasteiger partial charge in [-0.05, 0) is 36.4 Å². The SMILES string of the molecule is CC(N)Cc1ccc2ccn(CCS(C)(=O)=O)c2c1. The molecule has 0 aliphatic heterocycles. The molecule has 4 nitrogen and oxygen atoms in total. The maximum atomic E-state index is 11.2. The fourth-order valence-corrected chi connectivity index (χ4v) is 2.72. The van der Waals surface area contributed by atoms with E-state index in [0.29, 0.717) is 6.54 Å². The van der Waals surface area contributed by atoms with Crippen molar-refractivity contribution in [2.24, 2.45) is 5.73 Å². The zero-order chi connectivity index (χ0) is 14.0. The van der Waals surface area contributed by atoms with Crippen LogP contribution in [0.5, 0.6) is 0 Å². The minimum Gasteiger partial charge on any atom is -0.346 e. The lowest BCUT2D eigenvalue weighted by molar-refractivity contribution is 0.596. The predicted molar refractivity (Wildman–Crippen MR) is 79.0 cm³/mol. The largest absolute Gasteiger partial charge is 0.346 e. The zero-order valence-corrected chi connectivity index (χ0v) is 12.2. The van der Waals surface area contributed by atoms with Crippen molar-refractivity contribution < 1.29 is 8.42 Å². The van der Waals surface area contributed by atoms with Crippen molar-refractivity contribution in [3.05, 3.63) is 36.0 Å². The Labute approximate surface area is 114 Å². The number of fused-ring (bicyclic) bond motifs is 1. The molecule has 1 aromatic carbocycles. The van der Waals surface area contributed by atoms with Crippen LogP contribution in [0, 0.1) is 0 Å². The van der Waals surface area contributed by atoms with E-state index in [2.05, 4.69) is 18.2 Å². The van der Waals surface area contributed by atoms with Crippen molar-refractivity contribution in [1.82, 2.24) is 4.57 Å². The molecule has 0 aliphatic carbocycles. The molecule has 1 unspecified atom stereocenters. The summed E-state index contributed by atoms with van der Waals surface area (Å²) in [4.78, 5) is 0. The predicted octanol–water partition coefficient (Wildman–Crippen LogP) is 1.58. The molecular weight excluding hydrogens is 260 g/mol. The summed E-state index contributed by atoms with van der Waals surface area (Å²) in [5, 5.41) is 1.13. The molecule has 1 atom stereocenters. The highest BCUT2D eigenvalue weighted by atomic mass is 32.2. The van der Waals surface area contributed by atoms with Crippen molar-refractivity contribution >= 4 is 20.7 Å². The van der Waals surface area contributed by atoms with Crippen LogP contribution in [0.3, 0.4) is 0 Å². The highest BCUT2D eigenvalue weighted by Crippen LogP contribution is 2.18. The number of hydrogen-bond acceptors (Lipinski definition) is 3. The number of nitrogens with zero attached hydrogens (tertiary/aromatic N) is 1. The average Bonchev–Trinajstić information content (AvgIpc) is 2.67. The first-order valence-electron chi connectivity index (χ1n) is 6.36. The van der Waals surface area contributed by atoms with Gasteiger partial charge >= 0.3 is 0 Å². The van der Waals surface area contributed by atoms with Crippen molar-refractivity contribution in [1.29, 1.82) is 0 Å². The molecule has 2 rings (SSSR count). The molecule has 0 saturated heterocycles. The van der Waals surface area contributed by atoms with Gasteiger partial charge in [0, 0.05) is 30.6 Å². The first-order valence-corrected chi connectivity index (χ1v) is 8.42. The first kappa shape index (κ1) is 14.1. The van der Waals surface area contributed by atoms with Crippen LogP contribution in [0.1, 0.15) is 12.5 Å². The van der Waals surface area contributed by atoms with Gasteiger partial charge in [-0.2, -0.15) is 0 Å². The fourth-order valence-electron chi connectivity index (χ4n) is 2.19. The van der Waals surface area contributed by atoms with E-state index in [4.69, 9.17) is 5.73 Å². The van der Waals surface area contributed by atoms with Gasteiger partial charge in [0.05, 0.1) is 5.75 Å². The van der Waals surface area contributed by atoms with Gasteiger partial charge in [0.25, 0.3) is 0 Å². The average molecular weight is 280 g/mol. The summed E-state index contributed by atoms with van der Waals surface area (Å²) in [7, 11) is -2.94. The second-order valence-corrected chi connectivity index (χ2v) is 7.47. The van der Waals surface area contributed by atoms with Crippen molar-refractivity contribution in [3.8, 4) is 0 Å². The van der Waals surface area contributed by atoms with Crippen LogP contribution in [0.4, 0.5) is 0 Å². The van der Waals surface area contributed by atoms with E-state index in [0.717, 1.165) is 17.3 Å². The molecule has 104 valence electrons. The summed E-state index contributed by atoms with van der Waals surface area (Å²) in [6.07, 6.45) is 4.03. The van der Waals surface area contributed by atoms with Crippen molar-refractivity contribution in [2.75, 3.05) is 12.0 Å². The van der Waals surface area contributed by atoms with Gasteiger partial charge in [0.15, 0.2) is 0 Å². The van der Waals surface area contributed by atoms with Crippen molar-refractivity contribution in [3.63, 3.8) is 0 Å². The number of benzene rings is 1. The van der Waals surface area contributed by atoms with Crippen LogP contribution in [0.15, 0.2) is 30.5 Å². The number of sulfone groups is 1. The Morgan fingerprint density at radius 3 is 2.68 bits per heavy atom. The Hall–Kier alpha value is -1.33. The third-order valence-electron chi connectivity index (χ3n) is 3.10. The fraction of sp³-hybridized carbons (Fsp3) is 0.429. The van der Waals surface area contributed by atoms with Gasteiger partial charge in [-0.25, -0.2) is 8.42 Å². The second kappa shape index (κ2) is 5.35. The van der Waals surface area contributed by atoms with Gasteiger partial charge in [-0.15, -0.1) is 0 Å². The topological polar surface area (TPSA) is 65.1 Å². The van der Waals surface area contributed by atoms with E-state index in [-0.39, 0.29) is 11.8 Å². The molecule has 5 heteroatoms. The minimum absolute atomic E-state index is 0.122. The third kappa shape index (κ3) is 3.81. The Morgan fingerprint density at radius 2 is 2.05 bits per heavy atom. The molecule has 0 spiro atoms. The van der Waals surface area contributed by atoms with Crippen molar-refractivity contribution in [2.45, 2.75) is 25.9 Å². The monoisotopic (exact) mass is 280 g/mol. The number of aryl methyl sites for hydroxylation is 1. The molecule has 2 aromatic rings. The molecular formula is C14H20N2O2S. The van der Waals surface area contributed by atoms with Gasteiger partial charge in [-0.1, -0.05) is 12.1 Å². The van der Waals surface area contributed by atoms with Gasteiger partial charge in [0.1, 0.15) is 9.84 Å². The Morgan fingerprint density at radius 1 is 1.32 bits per heavy atom. The van der Waals surface area contributed by atoms with Crippen LogP contribution in [0.2, 0.25) is 0 Å². The molecule has 19 heavy (non-hydrogen) atoms. The number of nitrogens with two attached hydrogens (primary N) is 1. The van der Waals surface area contributed by atoms with E-state index in [1.807, 2.05) is 23.8 Å². The number of aromatic nitrogens is 1. The lowest BCUT2D eigenvalue weighted by Crippen LogP contribution is -2.17. The highest BCUT2D eigenvalue weighted by Gasteiger charge is 2.07. The molecule has 0 fully saturated rings. The van der Waals surface area contributed by atoms with E-state index >= 15 is 0 Å². The molecule has 1 heterocycles. The smallest absolute Gasteiger partial charge is 0.149 e. The first-order chi connectivity index (χ1) is 8.85. The molecule has 0 radical (unpaired) electrons. The summed E-state index contributed by atoms with van der Waals surface area (Å²) in [5.74, 6) is 0.161. The van der Waals surface area contributed by atoms with Crippen LogP contribution < -0.4 is 5.73 Å². The highest BCUT2D eigenvalue weighted by molar-refractivity contribution is 7.90. The van der Waals surface area contributed by atoms with Gasteiger partial charge in [-0.3, -0.25) is 0 Å². The lowest BCUT2D eigenvalue weighted by Gasteiger charge is -2.08. The Balaban J connectivity index is 2.29. The summed E-state index contributed by atoms with van der Waals surface area (Å²) in [6, 6.07) is 8.36. The number of hydrogen-bond donors (Lipinski definition) is 1. The minimum atomic E-state index is -2.94. The standard InChI is InChI=1S/C14H20N2O2S/c1-11(15)9-12-3-4-13-5-6-16(14(13)10-12)7-8-19(2,17)18/h3-6,10-11H,7-9,15H2,1-2H3. The summed E-state index contributed by atoms with van der Waals surface area (Å²) < 4.78 is 24.5. The molecule has 0 saturated carbocycles. The maximum Gasteiger partial charge on any atom is 0.149 e. The van der Waals surface area contributed by atoms with Crippen LogP contribution >= 0.6 is 0 Å². The summed E-state index contributed by atoms with van der Waals surface area (Å²) in [6.45, 7) is 2.47. The summed E-state index contributed by atoms with van der Waals surface area (Å²) >= 11 is 0.